The van der Waals surface area contributed by atoms with Gasteiger partial charge in [0.05, 0.1) is 17.2 Å². The zero-order valence-electron chi connectivity index (χ0n) is 18.3. The molecule has 2 heterocycles. The first-order chi connectivity index (χ1) is 16.1. The van der Waals surface area contributed by atoms with Crippen molar-refractivity contribution in [1.29, 1.82) is 0 Å². The largest absolute Gasteiger partial charge is 0.441 e. The number of rotatable bonds is 5. The van der Waals surface area contributed by atoms with Gasteiger partial charge in [-0.25, -0.2) is 18.4 Å². The van der Waals surface area contributed by atoms with Gasteiger partial charge in [0.1, 0.15) is 5.60 Å². The molecule has 12 heteroatoms. The zero-order chi connectivity index (χ0) is 24.5. The highest BCUT2D eigenvalue weighted by Gasteiger charge is 2.47. The summed E-state index contributed by atoms with van der Waals surface area (Å²) < 4.78 is 32.2. The van der Waals surface area contributed by atoms with E-state index in [-0.39, 0.29) is 24.5 Å². The van der Waals surface area contributed by atoms with Crippen LogP contribution in [-0.2, 0) is 16.1 Å². The van der Waals surface area contributed by atoms with Gasteiger partial charge in [-0.15, -0.1) is 5.06 Å². The molecule has 34 heavy (non-hydrogen) atoms. The lowest BCUT2D eigenvalue weighted by Gasteiger charge is -2.36. The number of nitro benzene ring substituents is 1. The van der Waals surface area contributed by atoms with Crippen LogP contribution in [0.5, 0.6) is 0 Å². The number of hydroxylamine groups is 2. The minimum Gasteiger partial charge on any atom is -0.441 e. The third-order valence-corrected chi connectivity index (χ3v) is 5.90. The smallest absolute Gasteiger partial charge is 0.430 e. The Kier molecular flexibility index (Phi) is 6.33. The molecule has 1 spiro atoms. The van der Waals surface area contributed by atoms with Gasteiger partial charge in [0.15, 0.2) is 11.6 Å². The van der Waals surface area contributed by atoms with Gasteiger partial charge >= 0.3 is 12.2 Å². The Hall–Kier alpha value is -3.80. The van der Waals surface area contributed by atoms with Crippen LogP contribution >= 0.6 is 0 Å². The summed E-state index contributed by atoms with van der Waals surface area (Å²) in [6.07, 6.45) is -0.539. The number of piperidine rings is 1. The maximum Gasteiger partial charge on any atom is 0.430 e. The first kappa shape index (κ1) is 23.4. The summed E-state index contributed by atoms with van der Waals surface area (Å²) in [6, 6.07) is 7.78. The van der Waals surface area contributed by atoms with Crippen LogP contribution in [-0.4, -0.2) is 52.3 Å². The number of aryl methyl sites for hydroxylation is 1. The van der Waals surface area contributed by atoms with E-state index in [9.17, 15) is 28.5 Å². The van der Waals surface area contributed by atoms with Crippen molar-refractivity contribution in [3.8, 4) is 0 Å². The summed E-state index contributed by atoms with van der Waals surface area (Å²) in [4.78, 5) is 41.8. The lowest BCUT2D eigenvalue weighted by molar-refractivity contribution is -0.385. The number of ether oxygens (including phenoxy) is 1. The maximum absolute atomic E-state index is 13.5. The fourth-order valence-electron chi connectivity index (χ4n) is 4.06. The Balaban J connectivity index is 1.29. The minimum absolute atomic E-state index is 0.0864. The van der Waals surface area contributed by atoms with Gasteiger partial charge in [-0.05, 0) is 30.7 Å². The van der Waals surface area contributed by atoms with E-state index < -0.39 is 34.3 Å². The molecule has 2 aliphatic rings. The predicted molar refractivity (Wildman–Crippen MR) is 115 cm³/mol. The lowest BCUT2D eigenvalue weighted by atomic mass is 9.92. The number of hydrogen-bond donors (Lipinski definition) is 1. The summed E-state index contributed by atoms with van der Waals surface area (Å²) in [5.74, 6) is -1.94. The van der Waals surface area contributed by atoms with E-state index >= 15 is 0 Å². The maximum atomic E-state index is 13.5. The Morgan fingerprint density at radius 3 is 2.62 bits per heavy atom. The molecule has 0 radical (unpaired) electrons. The van der Waals surface area contributed by atoms with Crippen molar-refractivity contribution in [2.24, 2.45) is 0 Å². The zero-order valence-corrected chi connectivity index (χ0v) is 18.3. The van der Waals surface area contributed by atoms with Crippen LogP contribution in [0.1, 0.15) is 24.0 Å². The molecule has 180 valence electrons. The highest BCUT2D eigenvalue weighted by molar-refractivity contribution is 5.85. The molecule has 0 atom stereocenters. The average Bonchev–Trinajstić information content (AvgIpc) is 3.08. The number of hydrogen-bond acceptors (Lipinski definition) is 7. The summed E-state index contributed by atoms with van der Waals surface area (Å²) in [7, 11) is 0. The van der Waals surface area contributed by atoms with E-state index in [1.54, 1.807) is 6.92 Å². The molecule has 2 fully saturated rings. The Bertz CT molecular complexity index is 1140. The van der Waals surface area contributed by atoms with Crippen molar-refractivity contribution in [3.63, 3.8) is 0 Å². The summed E-state index contributed by atoms with van der Waals surface area (Å²) >= 11 is 0. The van der Waals surface area contributed by atoms with E-state index in [0.29, 0.717) is 37.1 Å². The first-order valence-corrected chi connectivity index (χ1v) is 10.5. The number of benzene rings is 2. The second-order valence-electron chi connectivity index (χ2n) is 8.35. The average molecular weight is 476 g/mol. The molecular formula is C22H22F2N4O6. The second kappa shape index (κ2) is 9.21. The SMILES string of the molecule is Cc1ccc(NC(=O)ON2CCC3(CC2)CN(Cc2ccc(F)c(F)c2)C(=O)O3)cc1[N+](=O)[O-]. The molecule has 2 aromatic rings. The number of carbonyl (C=O) groups excluding carboxylic acids is 2. The highest BCUT2D eigenvalue weighted by atomic mass is 19.2. The third kappa shape index (κ3) is 5.06. The lowest BCUT2D eigenvalue weighted by Crippen LogP contribution is -2.47. The first-order valence-electron chi connectivity index (χ1n) is 10.5. The van der Waals surface area contributed by atoms with Crippen molar-refractivity contribution in [1.82, 2.24) is 9.96 Å². The van der Waals surface area contributed by atoms with Crippen LogP contribution in [0.25, 0.3) is 0 Å². The van der Waals surface area contributed by atoms with Crippen LogP contribution < -0.4 is 5.32 Å². The van der Waals surface area contributed by atoms with Crippen LogP contribution in [0, 0.1) is 28.7 Å². The minimum atomic E-state index is -0.983. The molecule has 0 saturated carbocycles. The fraction of sp³-hybridized carbons (Fsp3) is 0.364. The van der Waals surface area contributed by atoms with E-state index in [4.69, 9.17) is 9.57 Å². The van der Waals surface area contributed by atoms with Crippen LogP contribution in [0.2, 0.25) is 0 Å². The number of nitrogens with one attached hydrogen (secondary N) is 1. The molecule has 2 aliphatic heterocycles. The van der Waals surface area contributed by atoms with Gasteiger partial charge in [-0.1, -0.05) is 12.1 Å². The molecule has 0 aliphatic carbocycles. The van der Waals surface area contributed by atoms with Crippen molar-refractivity contribution in [2.45, 2.75) is 31.9 Å². The topological polar surface area (TPSA) is 114 Å². The number of carbonyl (C=O) groups is 2. The van der Waals surface area contributed by atoms with Gasteiger partial charge in [0.2, 0.25) is 0 Å². The van der Waals surface area contributed by atoms with Gasteiger partial charge in [-0.2, -0.15) is 0 Å². The molecule has 2 saturated heterocycles. The molecule has 2 amide bonds. The molecule has 1 N–H and O–H groups in total. The number of nitrogens with zero attached hydrogens (tertiary/aromatic N) is 3. The molecule has 0 aromatic heterocycles. The predicted octanol–water partition coefficient (Wildman–Crippen LogP) is 4.13. The third-order valence-electron chi connectivity index (χ3n) is 5.90. The monoisotopic (exact) mass is 476 g/mol. The Morgan fingerprint density at radius 2 is 1.94 bits per heavy atom. The Labute approximate surface area is 193 Å². The number of halogens is 2. The summed E-state index contributed by atoms with van der Waals surface area (Å²) in [5, 5.41) is 14.9. The summed E-state index contributed by atoms with van der Waals surface area (Å²) in [6.45, 7) is 2.56. The molecule has 0 unspecified atom stereocenters. The molecule has 4 rings (SSSR count). The van der Waals surface area contributed by atoms with Crippen molar-refractivity contribution in [2.75, 3.05) is 25.0 Å². The normalized spacial score (nSPS) is 17.5. The highest BCUT2D eigenvalue weighted by Crippen LogP contribution is 2.34. The standard InChI is InChI=1S/C22H22F2N4O6/c1-14-2-4-16(11-19(14)28(31)32)25-20(29)34-27-8-6-22(7-9-27)13-26(21(30)33-22)12-15-3-5-17(23)18(24)10-15/h2-5,10-11H,6-9,12-13H2,1H3,(H,25,29). The fourth-order valence-corrected chi connectivity index (χ4v) is 4.06. The molecule has 2 aromatic carbocycles. The van der Waals surface area contributed by atoms with E-state index in [1.807, 2.05) is 0 Å². The Morgan fingerprint density at radius 1 is 1.21 bits per heavy atom. The van der Waals surface area contributed by atoms with Crippen LogP contribution in [0.15, 0.2) is 36.4 Å². The van der Waals surface area contributed by atoms with Crippen molar-refractivity contribution >= 4 is 23.6 Å². The van der Waals surface area contributed by atoms with Crippen molar-refractivity contribution < 1.29 is 32.9 Å². The number of nitro groups is 1. The van der Waals surface area contributed by atoms with E-state index in [2.05, 4.69) is 5.32 Å². The van der Waals surface area contributed by atoms with Crippen LogP contribution in [0.4, 0.5) is 29.7 Å². The van der Waals surface area contributed by atoms with Gasteiger partial charge in [-0.3, -0.25) is 20.3 Å². The molecule has 0 bridgehead atoms. The van der Waals surface area contributed by atoms with Gasteiger partial charge in [0, 0.05) is 44.1 Å². The second-order valence-corrected chi connectivity index (χ2v) is 8.35. The van der Waals surface area contributed by atoms with Gasteiger partial charge < -0.3 is 9.57 Å². The van der Waals surface area contributed by atoms with E-state index in [0.717, 1.165) is 12.1 Å². The summed E-state index contributed by atoms with van der Waals surface area (Å²) in [5.41, 5.74) is 0.266. The quantitative estimate of drug-likeness (QED) is 0.510. The number of amides is 2. The van der Waals surface area contributed by atoms with E-state index in [1.165, 1.54) is 34.2 Å². The molecular weight excluding hydrogens is 454 g/mol. The van der Waals surface area contributed by atoms with Crippen molar-refractivity contribution in [3.05, 3.63) is 69.3 Å². The molecule has 10 nitrogen and oxygen atoms in total. The van der Waals surface area contributed by atoms with Gasteiger partial charge in [0.25, 0.3) is 5.69 Å². The van der Waals surface area contributed by atoms with Crippen LogP contribution in [0.3, 0.4) is 0 Å². The number of anilines is 1.